The first-order chi connectivity index (χ1) is 14.0. The molecule has 0 saturated carbocycles. The third-order valence-electron chi connectivity index (χ3n) is 5.38. The second kappa shape index (κ2) is 7.56. The molecule has 1 aliphatic heterocycles. The Balaban J connectivity index is 1.71. The molecule has 2 aromatic heterocycles. The number of nitrogens with one attached hydrogen (secondary N) is 3. The molecule has 150 valence electrons. The van der Waals surface area contributed by atoms with Crippen molar-refractivity contribution in [3.8, 4) is 11.4 Å². The lowest BCUT2D eigenvalue weighted by Gasteiger charge is -2.34. The average Bonchev–Trinajstić information content (AvgIpc) is 3.13. The summed E-state index contributed by atoms with van der Waals surface area (Å²) in [6, 6.07) is 7.87. The number of hydrogen-bond donors (Lipinski definition) is 4. The van der Waals surface area contributed by atoms with Crippen LogP contribution in [0.25, 0.3) is 28.0 Å². The summed E-state index contributed by atoms with van der Waals surface area (Å²) in [5, 5.41) is 7.87. The Labute approximate surface area is 168 Å². The molecule has 5 N–H and O–H groups in total. The maximum absolute atomic E-state index is 12.4. The van der Waals surface area contributed by atoms with E-state index in [1.165, 1.54) is 6.20 Å². The number of imidazole rings is 1. The highest BCUT2D eigenvalue weighted by molar-refractivity contribution is 6.21. The van der Waals surface area contributed by atoms with E-state index in [1.807, 2.05) is 6.07 Å². The highest BCUT2D eigenvalue weighted by Gasteiger charge is 2.16. The number of allylic oxidation sites excluding steroid dienone is 1. The molecule has 0 spiro atoms. The summed E-state index contributed by atoms with van der Waals surface area (Å²) in [7, 11) is 2.14. The molecule has 3 aromatic rings. The van der Waals surface area contributed by atoms with Crippen LogP contribution in [0.5, 0.6) is 0 Å². The summed E-state index contributed by atoms with van der Waals surface area (Å²) in [6.07, 6.45) is 2.94. The lowest BCUT2D eigenvalue weighted by atomic mass is 10.0. The van der Waals surface area contributed by atoms with Gasteiger partial charge in [-0.1, -0.05) is 0 Å². The van der Waals surface area contributed by atoms with Gasteiger partial charge in [-0.2, -0.15) is 0 Å². The molecule has 0 bridgehead atoms. The molecule has 3 heterocycles. The van der Waals surface area contributed by atoms with Crippen LogP contribution in [0.2, 0.25) is 0 Å². The molecule has 1 saturated heterocycles. The van der Waals surface area contributed by atoms with E-state index < -0.39 is 0 Å². The second-order valence-electron chi connectivity index (χ2n) is 7.41. The van der Waals surface area contributed by atoms with E-state index in [-0.39, 0.29) is 5.56 Å². The van der Waals surface area contributed by atoms with Crippen molar-refractivity contribution in [1.29, 1.82) is 5.41 Å². The first-order valence-corrected chi connectivity index (χ1v) is 9.60. The number of nitrogens with two attached hydrogens (primary N) is 1. The van der Waals surface area contributed by atoms with Crippen LogP contribution < -0.4 is 16.2 Å². The van der Waals surface area contributed by atoms with Crippen molar-refractivity contribution in [1.82, 2.24) is 19.9 Å². The van der Waals surface area contributed by atoms with Gasteiger partial charge in [0.1, 0.15) is 5.82 Å². The molecule has 8 heteroatoms. The van der Waals surface area contributed by atoms with Crippen LogP contribution in [-0.4, -0.2) is 58.8 Å². The van der Waals surface area contributed by atoms with E-state index in [9.17, 15) is 4.79 Å². The fourth-order valence-corrected chi connectivity index (χ4v) is 3.64. The number of likely N-dealkylation sites (N-methyl/N-ethyl adjacent to an activating group) is 1. The summed E-state index contributed by atoms with van der Waals surface area (Å²) in [4.78, 5) is 27.8. The number of aromatic nitrogens is 3. The highest BCUT2D eigenvalue weighted by atomic mass is 16.1. The zero-order chi connectivity index (χ0) is 20.5. The minimum Gasteiger partial charge on any atom is -0.404 e. The van der Waals surface area contributed by atoms with Crippen LogP contribution in [0.3, 0.4) is 0 Å². The van der Waals surface area contributed by atoms with E-state index in [0.717, 1.165) is 42.9 Å². The van der Waals surface area contributed by atoms with Crippen molar-refractivity contribution in [3.05, 3.63) is 52.6 Å². The Morgan fingerprint density at radius 2 is 2.00 bits per heavy atom. The van der Waals surface area contributed by atoms with Gasteiger partial charge in [-0.25, -0.2) is 4.98 Å². The molecule has 4 rings (SSSR count). The number of hydrogen-bond acceptors (Lipinski definition) is 6. The number of anilines is 1. The Morgan fingerprint density at radius 3 is 2.69 bits per heavy atom. The molecule has 0 unspecified atom stereocenters. The largest absolute Gasteiger partial charge is 0.404 e. The summed E-state index contributed by atoms with van der Waals surface area (Å²) in [5.41, 5.74) is 10.2. The fraction of sp³-hybridized carbons (Fsp3) is 0.286. The SMILES string of the molecule is CC(=N)/C(=C\N)c1c[nH]c(=O)c(-c2nc3cc(N4CCN(C)CC4)ccc3[nH]2)c1. The molecule has 0 atom stereocenters. The van der Waals surface area contributed by atoms with E-state index >= 15 is 0 Å². The number of aromatic amines is 2. The van der Waals surface area contributed by atoms with Crippen LogP contribution in [0.4, 0.5) is 5.69 Å². The van der Waals surface area contributed by atoms with Crippen LogP contribution in [0, 0.1) is 5.41 Å². The van der Waals surface area contributed by atoms with Gasteiger partial charge in [0, 0.05) is 61.1 Å². The van der Waals surface area contributed by atoms with Crippen LogP contribution >= 0.6 is 0 Å². The first-order valence-electron chi connectivity index (χ1n) is 9.60. The van der Waals surface area contributed by atoms with Crippen molar-refractivity contribution >= 4 is 28.0 Å². The molecule has 29 heavy (non-hydrogen) atoms. The maximum atomic E-state index is 12.4. The standard InChI is InChI=1S/C21H25N7O/c1-13(23)17(11-22)14-9-16(21(29)24-12-14)20-25-18-4-3-15(10-19(18)26-20)28-7-5-27(2)6-8-28/h3-4,9-12,23H,5-8,22H2,1-2H3,(H,24,29)(H,25,26)/b17-11+,23-13?. The average molecular weight is 391 g/mol. The molecule has 1 fully saturated rings. The van der Waals surface area contributed by atoms with Crippen molar-refractivity contribution < 1.29 is 0 Å². The number of nitrogens with zero attached hydrogens (tertiary/aromatic N) is 3. The van der Waals surface area contributed by atoms with Crippen molar-refractivity contribution in [2.24, 2.45) is 5.73 Å². The van der Waals surface area contributed by atoms with E-state index in [2.05, 4.69) is 43.9 Å². The Hall–Kier alpha value is -3.39. The number of piperazine rings is 1. The molecular formula is C21H25N7O. The first kappa shape index (κ1) is 18.9. The number of pyridine rings is 1. The smallest absolute Gasteiger partial charge is 0.259 e. The van der Waals surface area contributed by atoms with Gasteiger partial charge in [-0.15, -0.1) is 0 Å². The van der Waals surface area contributed by atoms with E-state index in [0.29, 0.717) is 28.2 Å². The quantitative estimate of drug-likeness (QED) is 0.508. The van der Waals surface area contributed by atoms with Crippen molar-refractivity contribution in [3.63, 3.8) is 0 Å². The normalized spacial score (nSPS) is 15.8. The molecule has 0 amide bonds. The minimum absolute atomic E-state index is 0.244. The van der Waals surface area contributed by atoms with Gasteiger partial charge in [0.25, 0.3) is 5.56 Å². The topological polar surface area (TPSA) is 118 Å². The van der Waals surface area contributed by atoms with Crippen LogP contribution in [0.1, 0.15) is 12.5 Å². The molecule has 8 nitrogen and oxygen atoms in total. The predicted molar refractivity (Wildman–Crippen MR) is 117 cm³/mol. The number of benzene rings is 1. The summed E-state index contributed by atoms with van der Waals surface area (Å²) < 4.78 is 0. The van der Waals surface area contributed by atoms with Gasteiger partial charge in [0.15, 0.2) is 0 Å². The Kier molecular flexibility index (Phi) is 4.94. The Bertz CT molecular complexity index is 1150. The molecule has 1 aromatic carbocycles. The van der Waals surface area contributed by atoms with Gasteiger partial charge in [0.2, 0.25) is 0 Å². The number of H-pyrrole nitrogens is 2. The van der Waals surface area contributed by atoms with Crippen molar-refractivity contribution in [2.45, 2.75) is 6.92 Å². The van der Waals surface area contributed by atoms with Gasteiger partial charge in [0.05, 0.1) is 16.6 Å². The molecular weight excluding hydrogens is 366 g/mol. The molecule has 1 aliphatic rings. The lowest BCUT2D eigenvalue weighted by Crippen LogP contribution is -2.44. The van der Waals surface area contributed by atoms with Gasteiger partial charge in [-0.05, 0) is 38.2 Å². The third kappa shape index (κ3) is 3.66. The predicted octanol–water partition coefficient (Wildman–Crippen LogP) is 2.01. The second-order valence-corrected chi connectivity index (χ2v) is 7.41. The highest BCUT2D eigenvalue weighted by Crippen LogP contribution is 2.25. The summed E-state index contributed by atoms with van der Waals surface area (Å²) in [5.74, 6) is 0.498. The minimum atomic E-state index is -0.244. The maximum Gasteiger partial charge on any atom is 0.259 e. The van der Waals surface area contributed by atoms with Gasteiger partial charge >= 0.3 is 0 Å². The van der Waals surface area contributed by atoms with E-state index in [4.69, 9.17) is 11.1 Å². The van der Waals surface area contributed by atoms with Crippen LogP contribution in [-0.2, 0) is 0 Å². The monoisotopic (exact) mass is 391 g/mol. The van der Waals surface area contributed by atoms with Crippen molar-refractivity contribution in [2.75, 3.05) is 38.1 Å². The number of fused-ring (bicyclic) bond motifs is 1. The fourth-order valence-electron chi connectivity index (χ4n) is 3.64. The third-order valence-corrected chi connectivity index (χ3v) is 5.38. The van der Waals surface area contributed by atoms with E-state index in [1.54, 1.807) is 19.2 Å². The zero-order valence-corrected chi connectivity index (χ0v) is 16.6. The van der Waals surface area contributed by atoms with Gasteiger partial charge in [-0.3, -0.25) is 4.79 Å². The summed E-state index contributed by atoms with van der Waals surface area (Å²) >= 11 is 0. The van der Waals surface area contributed by atoms with Gasteiger partial charge < -0.3 is 30.9 Å². The van der Waals surface area contributed by atoms with Crippen LogP contribution in [0.15, 0.2) is 41.5 Å². The molecule has 0 radical (unpaired) electrons. The lowest BCUT2D eigenvalue weighted by molar-refractivity contribution is 0.313. The summed E-state index contributed by atoms with van der Waals surface area (Å²) in [6.45, 7) is 5.70. The zero-order valence-electron chi connectivity index (χ0n) is 16.6. The Morgan fingerprint density at radius 1 is 1.24 bits per heavy atom. The number of rotatable bonds is 4. The molecule has 0 aliphatic carbocycles.